The minimum Gasteiger partial charge on any atom is -0.394 e. The highest BCUT2D eigenvalue weighted by Crippen LogP contribution is 2.33. The second kappa shape index (κ2) is 58.4. The molecule has 3 fully saturated rings. The topological polar surface area (TPSA) is 307 Å². The Morgan fingerprint density at radius 2 is 0.704 bits per heavy atom. The first-order valence-corrected chi connectivity index (χ1v) is 37.4. The summed E-state index contributed by atoms with van der Waals surface area (Å²) in [4.78, 5) is 13.4. The van der Waals surface area contributed by atoms with Crippen LogP contribution < -0.4 is 5.32 Å². The van der Waals surface area contributed by atoms with Crippen molar-refractivity contribution < 1.29 is 89.4 Å². The number of rotatable bonds is 56. The predicted octanol–water partition coefficient (Wildman–Crippen LogP) is 11.3. The fourth-order valence-electron chi connectivity index (χ4n) is 11.7. The largest absolute Gasteiger partial charge is 0.394 e. The van der Waals surface area contributed by atoms with Crippen molar-refractivity contribution in [1.82, 2.24) is 5.32 Å². The van der Waals surface area contributed by atoms with Gasteiger partial charge in [-0.3, -0.25) is 4.79 Å². The van der Waals surface area contributed by atoms with Crippen LogP contribution in [0, 0.1) is 0 Å². The van der Waals surface area contributed by atoms with Crippen LogP contribution in [0.5, 0.6) is 0 Å². The van der Waals surface area contributed by atoms with Gasteiger partial charge in [-0.25, -0.2) is 0 Å². The molecule has 0 saturated carbocycles. The van der Waals surface area contributed by atoms with E-state index in [4.69, 9.17) is 28.4 Å². The first kappa shape index (κ1) is 88.1. The van der Waals surface area contributed by atoms with Gasteiger partial charge in [0.05, 0.1) is 38.6 Å². The standard InChI is InChI=1S/C79H131NO18/c1-3-5-7-9-11-13-15-17-19-21-23-25-26-27-28-29-30-31-32-33-34-35-36-37-39-41-43-45-47-49-51-53-55-57-67(85)80-62(63(84)56-54-52-50-48-46-44-42-40-38-24-22-20-18-16-14-12-10-8-6-4-2)61-93-77-73(91)70(88)75(65(59-82)95-77)98-79-74(92)71(89)76(66(60-83)96-79)97-78-72(90)69(87)68(86)64(58-81)94-78/h5,7,11,13,17,19,23,25,27-28,30-31,33-34,36-37,41,43,47,49,54,56,62-66,68-79,81-84,86-92H,3-4,6,8-10,12,14-16,18,20-22,24,26,29,32,35,38-40,42,44-46,48,50-53,55,57-61H2,1-2H3,(H,80,85)/b7-5-,13-11-,19-17-,25-23-,28-27-,31-30-,34-33-,37-36-,43-41-,49-47-,56-54+. The van der Waals surface area contributed by atoms with Crippen LogP contribution in [-0.2, 0) is 33.2 Å². The number of allylic oxidation sites excluding steroid dienone is 21. The lowest BCUT2D eigenvalue weighted by Gasteiger charge is -2.48. The Labute approximate surface area is 588 Å². The first-order chi connectivity index (χ1) is 47.8. The molecule has 0 aromatic rings. The molecule has 1 amide bonds. The molecule has 0 aliphatic carbocycles. The minimum atomic E-state index is -1.99. The third kappa shape index (κ3) is 38.8. The number of amides is 1. The van der Waals surface area contributed by atoms with Gasteiger partial charge in [-0.15, -0.1) is 0 Å². The van der Waals surface area contributed by atoms with Crippen LogP contribution in [0.4, 0.5) is 0 Å². The number of carbonyl (C=O) groups excluding carboxylic acids is 1. The summed E-state index contributed by atoms with van der Waals surface area (Å²) in [6.07, 6.45) is 55.6. The van der Waals surface area contributed by atoms with Gasteiger partial charge in [-0.2, -0.15) is 0 Å². The molecule has 560 valence electrons. The number of ether oxygens (including phenoxy) is 6. The van der Waals surface area contributed by atoms with Crippen LogP contribution in [0.25, 0.3) is 0 Å². The summed E-state index contributed by atoms with van der Waals surface area (Å²) in [7, 11) is 0. The highest BCUT2D eigenvalue weighted by atomic mass is 16.8. The van der Waals surface area contributed by atoms with Crippen molar-refractivity contribution in [2.45, 2.75) is 330 Å². The average molecular weight is 1380 g/mol. The monoisotopic (exact) mass is 1380 g/mol. The predicted molar refractivity (Wildman–Crippen MR) is 387 cm³/mol. The van der Waals surface area contributed by atoms with Gasteiger partial charge in [0.2, 0.25) is 5.91 Å². The lowest BCUT2D eigenvalue weighted by molar-refractivity contribution is -0.379. The van der Waals surface area contributed by atoms with E-state index in [9.17, 15) is 61.0 Å². The van der Waals surface area contributed by atoms with Gasteiger partial charge in [-0.1, -0.05) is 257 Å². The van der Waals surface area contributed by atoms with Crippen LogP contribution >= 0.6 is 0 Å². The third-order valence-corrected chi connectivity index (χ3v) is 17.7. The van der Waals surface area contributed by atoms with Gasteiger partial charge in [0, 0.05) is 6.42 Å². The number of unbranched alkanes of at least 4 members (excludes halogenated alkanes) is 20. The molecular formula is C79H131NO18. The maximum atomic E-state index is 13.4. The van der Waals surface area contributed by atoms with Crippen molar-refractivity contribution in [1.29, 1.82) is 0 Å². The smallest absolute Gasteiger partial charge is 0.220 e. The summed E-state index contributed by atoms with van der Waals surface area (Å²) in [5.74, 6) is -0.322. The Morgan fingerprint density at radius 1 is 0.378 bits per heavy atom. The second-order valence-electron chi connectivity index (χ2n) is 26.0. The van der Waals surface area contributed by atoms with Crippen LogP contribution in [0.3, 0.4) is 0 Å². The van der Waals surface area contributed by atoms with E-state index in [1.807, 2.05) is 6.08 Å². The van der Waals surface area contributed by atoms with Crippen molar-refractivity contribution in [2.75, 3.05) is 26.4 Å². The van der Waals surface area contributed by atoms with Gasteiger partial charge >= 0.3 is 0 Å². The van der Waals surface area contributed by atoms with E-state index in [2.05, 4.69) is 141 Å². The Bertz CT molecular complexity index is 2290. The molecule has 0 aromatic carbocycles. The molecule has 3 heterocycles. The van der Waals surface area contributed by atoms with E-state index in [0.717, 1.165) is 103 Å². The van der Waals surface area contributed by atoms with Crippen molar-refractivity contribution in [2.24, 2.45) is 0 Å². The maximum absolute atomic E-state index is 13.4. The number of aliphatic hydroxyl groups is 11. The molecule has 0 radical (unpaired) electrons. The van der Waals surface area contributed by atoms with Crippen molar-refractivity contribution in [3.8, 4) is 0 Å². The van der Waals surface area contributed by atoms with Gasteiger partial charge in [-0.05, 0) is 96.3 Å². The highest BCUT2D eigenvalue weighted by Gasteiger charge is 2.53. The van der Waals surface area contributed by atoms with Crippen LogP contribution in [0.2, 0.25) is 0 Å². The van der Waals surface area contributed by atoms with Crippen molar-refractivity contribution in [3.05, 3.63) is 134 Å². The van der Waals surface area contributed by atoms with Gasteiger partial charge < -0.3 is 89.9 Å². The van der Waals surface area contributed by atoms with Gasteiger partial charge in [0.15, 0.2) is 18.9 Å². The highest BCUT2D eigenvalue weighted by molar-refractivity contribution is 5.76. The maximum Gasteiger partial charge on any atom is 0.220 e. The normalized spacial score (nSPS) is 27.5. The summed E-state index contributed by atoms with van der Waals surface area (Å²) in [6.45, 7) is 1.58. The van der Waals surface area contributed by atoms with Gasteiger partial charge in [0.1, 0.15) is 73.2 Å². The molecule has 0 spiro atoms. The zero-order chi connectivity index (χ0) is 71.1. The number of nitrogens with one attached hydrogen (secondary N) is 1. The van der Waals surface area contributed by atoms with Crippen molar-refractivity contribution in [3.63, 3.8) is 0 Å². The number of aliphatic hydroxyl groups excluding tert-OH is 11. The van der Waals surface area contributed by atoms with E-state index >= 15 is 0 Å². The third-order valence-electron chi connectivity index (χ3n) is 17.7. The molecule has 19 heteroatoms. The quantitative estimate of drug-likeness (QED) is 0.0199. The number of hydrogen-bond acceptors (Lipinski definition) is 18. The molecule has 3 aliphatic rings. The molecule has 0 aromatic heterocycles. The molecule has 0 bridgehead atoms. The summed E-state index contributed by atoms with van der Waals surface area (Å²) in [5, 5.41) is 121. The Kier molecular flexibility index (Phi) is 52.6. The molecule has 3 rings (SSSR count). The van der Waals surface area contributed by atoms with Gasteiger partial charge in [0.25, 0.3) is 0 Å². The Morgan fingerprint density at radius 3 is 1.10 bits per heavy atom. The van der Waals surface area contributed by atoms with Crippen LogP contribution in [0.1, 0.15) is 226 Å². The fourth-order valence-corrected chi connectivity index (χ4v) is 11.7. The molecule has 3 aliphatic heterocycles. The van der Waals surface area contributed by atoms with E-state index < -0.39 is 124 Å². The molecule has 3 saturated heterocycles. The molecule has 19 nitrogen and oxygen atoms in total. The van der Waals surface area contributed by atoms with E-state index in [1.54, 1.807) is 6.08 Å². The summed E-state index contributed by atoms with van der Waals surface area (Å²) >= 11 is 0. The molecular weight excluding hydrogens is 1250 g/mol. The lowest BCUT2D eigenvalue weighted by Crippen LogP contribution is -2.66. The molecule has 98 heavy (non-hydrogen) atoms. The average Bonchev–Trinajstić information content (AvgIpc) is 0.782. The second-order valence-corrected chi connectivity index (χ2v) is 26.0. The minimum absolute atomic E-state index is 0.179. The van der Waals surface area contributed by atoms with Crippen molar-refractivity contribution >= 4 is 5.91 Å². The lowest BCUT2D eigenvalue weighted by atomic mass is 9.96. The van der Waals surface area contributed by atoms with E-state index in [-0.39, 0.29) is 18.9 Å². The Hall–Kier alpha value is -4.07. The molecule has 12 N–H and O–H groups in total. The molecule has 17 unspecified atom stereocenters. The zero-order valence-electron chi connectivity index (χ0n) is 59.5. The first-order valence-electron chi connectivity index (χ1n) is 37.4. The molecule has 17 atom stereocenters. The number of carbonyl (C=O) groups is 1. The summed E-state index contributed by atoms with van der Waals surface area (Å²) in [6, 6.07) is -1.01. The summed E-state index contributed by atoms with van der Waals surface area (Å²) < 4.78 is 34.4. The van der Waals surface area contributed by atoms with E-state index in [0.29, 0.717) is 6.42 Å². The van der Waals surface area contributed by atoms with Crippen LogP contribution in [0.15, 0.2) is 134 Å². The Balaban J connectivity index is 1.43. The SMILES string of the molecule is CC/C=C\C/C=C\C/C=C\C/C=C\C/C=C\C/C=C\C/C=C\C/C=C\C/C=C\C/C=C\CCCCC(=O)NC(COC1OC(CO)C(OC2OC(CO)C(OC3OC(CO)C(O)C(O)C3O)C(O)C2O)C(O)C1O)C(O)/C=C/CCCCCCCCCCCCCCCCCCCC. The van der Waals surface area contributed by atoms with E-state index in [1.165, 1.54) is 96.3 Å². The summed E-state index contributed by atoms with van der Waals surface area (Å²) in [5.41, 5.74) is 0. The van der Waals surface area contributed by atoms with Crippen LogP contribution in [-0.4, -0.2) is 193 Å². The number of hydrogen-bond donors (Lipinski definition) is 12. The zero-order valence-corrected chi connectivity index (χ0v) is 59.5. The fraction of sp³-hybridized carbons (Fsp3) is 0.709.